The molecule has 0 aliphatic heterocycles. The highest BCUT2D eigenvalue weighted by Gasteiger charge is 2.07. The van der Waals surface area contributed by atoms with Crippen LogP contribution in [0.15, 0.2) is 18.3 Å². The number of nitrogens with zero attached hydrogens (tertiary/aromatic N) is 2. The maximum Gasteiger partial charge on any atom is 0.110 e. The lowest BCUT2D eigenvalue weighted by Gasteiger charge is -1.99. The molecule has 0 fully saturated rings. The molecule has 3 nitrogen and oxygen atoms in total. The lowest BCUT2D eigenvalue weighted by atomic mass is 10.2. The number of hydrogen-bond acceptors (Lipinski definition) is 2. The third-order valence-corrected chi connectivity index (χ3v) is 2.67. The van der Waals surface area contributed by atoms with Crippen LogP contribution in [0.2, 0.25) is 0 Å². The van der Waals surface area contributed by atoms with Crippen molar-refractivity contribution >= 4 is 5.52 Å². The van der Waals surface area contributed by atoms with Crippen LogP contribution in [0, 0.1) is 13.8 Å². The van der Waals surface area contributed by atoms with E-state index in [2.05, 4.69) is 34.6 Å². The highest BCUT2D eigenvalue weighted by Crippen LogP contribution is 2.15. The highest BCUT2D eigenvalue weighted by molar-refractivity contribution is 5.54. The average Bonchev–Trinajstić information content (AvgIpc) is 2.52. The number of fused-ring (bicyclic) bond motifs is 1. The molecule has 0 spiro atoms. The predicted octanol–water partition coefficient (Wildman–Crippen LogP) is 1.84. The summed E-state index contributed by atoms with van der Waals surface area (Å²) in [5, 5.41) is 0. The number of nitrogens with two attached hydrogens (primary N) is 1. The molecule has 0 radical (unpaired) electrons. The van der Waals surface area contributed by atoms with Crippen molar-refractivity contribution in [2.75, 3.05) is 6.54 Å². The van der Waals surface area contributed by atoms with Gasteiger partial charge in [0, 0.05) is 6.20 Å². The van der Waals surface area contributed by atoms with E-state index in [4.69, 9.17) is 5.73 Å². The van der Waals surface area contributed by atoms with E-state index >= 15 is 0 Å². The molecule has 3 heteroatoms. The molecule has 0 aliphatic rings. The van der Waals surface area contributed by atoms with Crippen molar-refractivity contribution < 1.29 is 0 Å². The number of imidazole rings is 1. The van der Waals surface area contributed by atoms with Gasteiger partial charge in [-0.05, 0) is 50.9 Å². The summed E-state index contributed by atoms with van der Waals surface area (Å²) >= 11 is 0. The van der Waals surface area contributed by atoms with Gasteiger partial charge in [-0.15, -0.1) is 0 Å². The van der Waals surface area contributed by atoms with Crippen LogP contribution in [0.5, 0.6) is 0 Å². The predicted molar refractivity (Wildman–Crippen MR) is 62.0 cm³/mol. The Hall–Kier alpha value is -1.35. The largest absolute Gasteiger partial charge is 0.330 e. The minimum Gasteiger partial charge on any atom is -0.330 e. The Morgan fingerprint density at radius 2 is 2.20 bits per heavy atom. The van der Waals surface area contributed by atoms with E-state index in [1.165, 1.54) is 16.8 Å². The van der Waals surface area contributed by atoms with Gasteiger partial charge in [0.2, 0.25) is 0 Å². The lowest BCUT2D eigenvalue weighted by Crippen LogP contribution is -2.00. The van der Waals surface area contributed by atoms with Crippen molar-refractivity contribution in [1.82, 2.24) is 9.38 Å². The number of aryl methyl sites for hydroxylation is 3. The fraction of sp³-hybridized carbons (Fsp3) is 0.417. The Kier molecular flexibility index (Phi) is 2.73. The minimum atomic E-state index is 0.726. The monoisotopic (exact) mass is 203 g/mol. The van der Waals surface area contributed by atoms with Crippen LogP contribution < -0.4 is 5.73 Å². The normalized spacial score (nSPS) is 11.1. The maximum absolute atomic E-state index is 5.52. The van der Waals surface area contributed by atoms with Crippen LogP contribution in [0.4, 0.5) is 0 Å². The van der Waals surface area contributed by atoms with Crippen molar-refractivity contribution in [3.63, 3.8) is 0 Å². The van der Waals surface area contributed by atoms with Gasteiger partial charge < -0.3 is 10.1 Å². The molecular formula is C12H17N3. The van der Waals surface area contributed by atoms with Gasteiger partial charge in [-0.3, -0.25) is 0 Å². The molecule has 2 N–H and O–H groups in total. The van der Waals surface area contributed by atoms with Gasteiger partial charge in [0.15, 0.2) is 0 Å². The zero-order valence-electron chi connectivity index (χ0n) is 9.33. The van der Waals surface area contributed by atoms with E-state index in [9.17, 15) is 0 Å². The van der Waals surface area contributed by atoms with Crippen LogP contribution in [-0.2, 0) is 6.42 Å². The first-order chi connectivity index (χ1) is 7.22. The summed E-state index contributed by atoms with van der Waals surface area (Å²) in [6.45, 7) is 4.87. The third-order valence-electron chi connectivity index (χ3n) is 2.67. The summed E-state index contributed by atoms with van der Waals surface area (Å²) in [6.07, 6.45) is 4.05. The molecule has 0 atom stereocenters. The fourth-order valence-electron chi connectivity index (χ4n) is 1.87. The second kappa shape index (κ2) is 4.03. The van der Waals surface area contributed by atoms with Gasteiger partial charge in [-0.2, -0.15) is 0 Å². The van der Waals surface area contributed by atoms with Crippen LogP contribution in [-0.4, -0.2) is 15.9 Å². The molecule has 0 amide bonds. The number of pyridine rings is 1. The quantitative estimate of drug-likeness (QED) is 0.827. The van der Waals surface area contributed by atoms with Gasteiger partial charge in [-0.25, -0.2) is 4.98 Å². The maximum atomic E-state index is 5.52. The molecule has 15 heavy (non-hydrogen) atoms. The molecule has 2 aromatic heterocycles. The Labute approximate surface area is 89.9 Å². The molecule has 80 valence electrons. The molecule has 0 saturated carbocycles. The molecule has 2 aromatic rings. The van der Waals surface area contributed by atoms with Crippen molar-refractivity contribution in [2.24, 2.45) is 5.73 Å². The summed E-state index contributed by atoms with van der Waals surface area (Å²) in [6, 6.07) is 4.29. The fourth-order valence-corrected chi connectivity index (χ4v) is 1.87. The number of hydrogen-bond donors (Lipinski definition) is 1. The van der Waals surface area contributed by atoms with Crippen molar-refractivity contribution in [3.8, 4) is 0 Å². The average molecular weight is 203 g/mol. The minimum absolute atomic E-state index is 0.726. The Morgan fingerprint density at radius 3 is 2.93 bits per heavy atom. The third kappa shape index (κ3) is 1.88. The number of aromatic nitrogens is 2. The molecule has 0 bridgehead atoms. The first kappa shape index (κ1) is 10.2. The van der Waals surface area contributed by atoms with Crippen LogP contribution in [0.3, 0.4) is 0 Å². The van der Waals surface area contributed by atoms with E-state index < -0.39 is 0 Å². The van der Waals surface area contributed by atoms with Gasteiger partial charge in [0.25, 0.3) is 0 Å². The zero-order valence-corrected chi connectivity index (χ0v) is 9.33. The summed E-state index contributed by atoms with van der Waals surface area (Å²) in [7, 11) is 0. The molecule has 0 saturated heterocycles. The molecular weight excluding hydrogens is 186 g/mol. The molecule has 0 aliphatic carbocycles. The van der Waals surface area contributed by atoms with Crippen molar-refractivity contribution in [3.05, 3.63) is 35.4 Å². The first-order valence-electron chi connectivity index (χ1n) is 5.36. The van der Waals surface area contributed by atoms with E-state index in [1.54, 1.807) is 0 Å². The Balaban J connectivity index is 2.49. The molecule has 0 unspecified atom stereocenters. The van der Waals surface area contributed by atoms with E-state index in [-0.39, 0.29) is 0 Å². The first-order valence-corrected chi connectivity index (χ1v) is 5.36. The summed E-state index contributed by atoms with van der Waals surface area (Å²) in [4.78, 5) is 4.58. The van der Waals surface area contributed by atoms with E-state index in [0.29, 0.717) is 0 Å². The van der Waals surface area contributed by atoms with Gasteiger partial charge in [0.05, 0.1) is 11.2 Å². The second-order valence-corrected chi connectivity index (χ2v) is 3.96. The van der Waals surface area contributed by atoms with Crippen LogP contribution in [0.1, 0.15) is 23.5 Å². The zero-order chi connectivity index (χ0) is 10.8. The summed E-state index contributed by atoms with van der Waals surface area (Å²) in [5.41, 5.74) is 9.19. The standard InChI is InChI=1S/C12H17N3/c1-9-5-7-15-10(2)14-11(4-3-6-13)12(15)8-9/h5,7-8H,3-4,6,13H2,1-2H3. The smallest absolute Gasteiger partial charge is 0.110 e. The van der Waals surface area contributed by atoms with Crippen LogP contribution >= 0.6 is 0 Å². The number of rotatable bonds is 3. The van der Waals surface area contributed by atoms with E-state index in [1.807, 2.05) is 6.92 Å². The van der Waals surface area contributed by atoms with Gasteiger partial charge in [-0.1, -0.05) is 0 Å². The SMILES string of the molecule is Cc1ccn2c(C)nc(CCCN)c2c1. The van der Waals surface area contributed by atoms with Crippen molar-refractivity contribution in [2.45, 2.75) is 26.7 Å². The summed E-state index contributed by atoms with van der Waals surface area (Å²) in [5.74, 6) is 1.05. The van der Waals surface area contributed by atoms with Crippen molar-refractivity contribution in [1.29, 1.82) is 0 Å². The van der Waals surface area contributed by atoms with E-state index in [0.717, 1.165) is 25.2 Å². The molecule has 2 rings (SSSR count). The topological polar surface area (TPSA) is 43.3 Å². The Morgan fingerprint density at radius 1 is 1.40 bits per heavy atom. The second-order valence-electron chi connectivity index (χ2n) is 3.96. The highest BCUT2D eigenvalue weighted by atomic mass is 15.0. The Bertz CT molecular complexity index is 471. The molecule has 0 aromatic carbocycles. The summed E-state index contributed by atoms with van der Waals surface area (Å²) < 4.78 is 2.14. The van der Waals surface area contributed by atoms with Gasteiger partial charge >= 0.3 is 0 Å². The molecule has 2 heterocycles. The lowest BCUT2D eigenvalue weighted by molar-refractivity contribution is 0.818. The van der Waals surface area contributed by atoms with Gasteiger partial charge in [0.1, 0.15) is 5.82 Å². The van der Waals surface area contributed by atoms with Crippen LogP contribution in [0.25, 0.3) is 5.52 Å².